The van der Waals surface area contributed by atoms with Gasteiger partial charge in [-0.2, -0.15) is 0 Å². The fourth-order valence-corrected chi connectivity index (χ4v) is 2.46. The van der Waals surface area contributed by atoms with E-state index in [-0.39, 0.29) is 0 Å². The molecule has 0 radical (unpaired) electrons. The van der Waals surface area contributed by atoms with Crippen LogP contribution in [0, 0.1) is 0 Å². The van der Waals surface area contributed by atoms with Crippen LogP contribution in [0.25, 0.3) is 0 Å². The lowest BCUT2D eigenvalue weighted by Gasteiger charge is -2.30. The first-order chi connectivity index (χ1) is 5.47. The third-order valence-corrected chi connectivity index (χ3v) is 3.11. The standard InChI is InChI=1S/C8H14N2S/c1-3-9-4-2-8(1)10-5-6-11-7-10/h5-6,8-9H,1-4,7H2. The van der Waals surface area contributed by atoms with Crippen LogP contribution in [-0.2, 0) is 0 Å². The highest BCUT2D eigenvalue weighted by Crippen LogP contribution is 2.21. The minimum absolute atomic E-state index is 0.808. The van der Waals surface area contributed by atoms with Crippen molar-refractivity contribution in [1.82, 2.24) is 10.2 Å². The van der Waals surface area contributed by atoms with Crippen LogP contribution in [0.5, 0.6) is 0 Å². The molecule has 0 atom stereocenters. The van der Waals surface area contributed by atoms with Gasteiger partial charge in [-0.25, -0.2) is 0 Å². The molecule has 2 heterocycles. The summed E-state index contributed by atoms with van der Waals surface area (Å²) >= 11 is 1.90. The molecule has 0 aromatic rings. The second kappa shape index (κ2) is 3.50. The Hall–Kier alpha value is -0.150. The molecule has 0 saturated carbocycles. The molecule has 1 N–H and O–H groups in total. The molecule has 0 spiro atoms. The maximum Gasteiger partial charge on any atom is 0.0678 e. The van der Waals surface area contributed by atoms with E-state index in [1.807, 2.05) is 11.8 Å². The van der Waals surface area contributed by atoms with Gasteiger partial charge in [0.2, 0.25) is 0 Å². The van der Waals surface area contributed by atoms with E-state index in [2.05, 4.69) is 21.8 Å². The maximum absolute atomic E-state index is 3.38. The summed E-state index contributed by atoms with van der Waals surface area (Å²) in [5, 5.41) is 5.58. The number of hydrogen-bond acceptors (Lipinski definition) is 3. The number of thioether (sulfide) groups is 1. The Bertz CT molecular complexity index is 152. The molecule has 11 heavy (non-hydrogen) atoms. The van der Waals surface area contributed by atoms with Gasteiger partial charge < -0.3 is 10.2 Å². The van der Waals surface area contributed by atoms with Crippen LogP contribution in [0.4, 0.5) is 0 Å². The second-order valence-corrected chi connectivity index (χ2v) is 3.94. The molecule has 3 heteroatoms. The summed E-state index contributed by atoms with van der Waals surface area (Å²) in [7, 11) is 0. The van der Waals surface area contributed by atoms with Crippen LogP contribution in [0.3, 0.4) is 0 Å². The van der Waals surface area contributed by atoms with Crippen molar-refractivity contribution >= 4 is 11.8 Å². The van der Waals surface area contributed by atoms with Gasteiger partial charge in [0.25, 0.3) is 0 Å². The van der Waals surface area contributed by atoms with E-state index in [1.165, 1.54) is 31.8 Å². The first-order valence-electron chi connectivity index (χ1n) is 4.21. The topological polar surface area (TPSA) is 15.3 Å². The van der Waals surface area contributed by atoms with E-state index in [0.717, 1.165) is 6.04 Å². The van der Waals surface area contributed by atoms with Gasteiger partial charge >= 0.3 is 0 Å². The van der Waals surface area contributed by atoms with Crippen LogP contribution >= 0.6 is 11.8 Å². The van der Waals surface area contributed by atoms with Crippen LogP contribution in [0.2, 0.25) is 0 Å². The molecule has 0 aromatic carbocycles. The van der Waals surface area contributed by atoms with Gasteiger partial charge in [-0.3, -0.25) is 0 Å². The molecular formula is C8H14N2S. The Labute approximate surface area is 72.0 Å². The predicted molar refractivity (Wildman–Crippen MR) is 49.3 cm³/mol. The number of nitrogens with zero attached hydrogens (tertiary/aromatic N) is 1. The second-order valence-electron chi connectivity index (χ2n) is 3.08. The molecule has 0 unspecified atom stereocenters. The molecule has 62 valence electrons. The number of hydrogen-bond donors (Lipinski definition) is 1. The highest BCUT2D eigenvalue weighted by Gasteiger charge is 2.19. The zero-order valence-electron chi connectivity index (χ0n) is 6.62. The quantitative estimate of drug-likeness (QED) is 0.637. The first kappa shape index (κ1) is 7.50. The Balaban J connectivity index is 1.87. The molecule has 1 fully saturated rings. The summed E-state index contributed by atoms with van der Waals surface area (Å²) in [6.45, 7) is 2.39. The lowest BCUT2D eigenvalue weighted by Crippen LogP contribution is -2.39. The molecule has 0 bridgehead atoms. The summed E-state index contributed by atoms with van der Waals surface area (Å²) in [4.78, 5) is 2.46. The van der Waals surface area contributed by atoms with Crippen molar-refractivity contribution in [2.45, 2.75) is 18.9 Å². The summed E-state index contributed by atoms with van der Waals surface area (Å²) in [5.74, 6) is 1.17. The highest BCUT2D eigenvalue weighted by atomic mass is 32.2. The molecule has 0 amide bonds. The van der Waals surface area contributed by atoms with E-state index in [0.29, 0.717) is 0 Å². The van der Waals surface area contributed by atoms with Gasteiger partial charge in [0.05, 0.1) is 5.88 Å². The molecule has 0 aromatic heterocycles. The van der Waals surface area contributed by atoms with E-state index in [9.17, 15) is 0 Å². The largest absolute Gasteiger partial charge is 0.364 e. The lowest BCUT2D eigenvalue weighted by molar-refractivity contribution is 0.259. The Morgan fingerprint density at radius 2 is 2.18 bits per heavy atom. The molecule has 1 saturated heterocycles. The van der Waals surface area contributed by atoms with E-state index >= 15 is 0 Å². The molecule has 0 aliphatic carbocycles. The zero-order valence-corrected chi connectivity index (χ0v) is 7.44. The number of piperidine rings is 1. The smallest absolute Gasteiger partial charge is 0.0678 e. The van der Waals surface area contributed by atoms with Gasteiger partial charge in [-0.15, -0.1) is 11.8 Å². The van der Waals surface area contributed by atoms with Gasteiger partial charge in [-0.05, 0) is 31.3 Å². The van der Waals surface area contributed by atoms with Gasteiger partial charge in [0, 0.05) is 12.2 Å². The third-order valence-electron chi connectivity index (χ3n) is 2.35. The van der Waals surface area contributed by atoms with Gasteiger partial charge in [0.1, 0.15) is 0 Å². The average molecular weight is 170 g/mol. The van der Waals surface area contributed by atoms with Gasteiger partial charge in [0.15, 0.2) is 0 Å². The lowest BCUT2D eigenvalue weighted by atomic mass is 10.1. The van der Waals surface area contributed by atoms with E-state index in [4.69, 9.17) is 0 Å². The Morgan fingerprint density at radius 1 is 1.36 bits per heavy atom. The number of rotatable bonds is 1. The summed E-state index contributed by atoms with van der Waals surface area (Å²) in [6.07, 6.45) is 4.86. The van der Waals surface area contributed by atoms with Crippen molar-refractivity contribution in [1.29, 1.82) is 0 Å². The van der Waals surface area contributed by atoms with Crippen LogP contribution in [0.15, 0.2) is 11.6 Å². The molecule has 2 aliphatic heterocycles. The summed E-state index contributed by atoms with van der Waals surface area (Å²) in [5.41, 5.74) is 0. The van der Waals surface area contributed by atoms with E-state index in [1.54, 1.807) is 0 Å². The minimum Gasteiger partial charge on any atom is -0.364 e. The SMILES string of the molecule is C1=CN(C2CCNCC2)CS1. The Morgan fingerprint density at radius 3 is 2.82 bits per heavy atom. The van der Waals surface area contributed by atoms with Crippen molar-refractivity contribution in [3.05, 3.63) is 11.6 Å². The molecule has 2 rings (SSSR count). The molecular weight excluding hydrogens is 156 g/mol. The first-order valence-corrected chi connectivity index (χ1v) is 5.26. The highest BCUT2D eigenvalue weighted by molar-refractivity contribution is 8.02. The zero-order chi connectivity index (χ0) is 7.52. The normalized spacial score (nSPS) is 26.4. The van der Waals surface area contributed by atoms with E-state index < -0.39 is 0 Å². The fourth-order valence-electron chi connectivity index (χ4n) is 1.66. The van der Waals surface area contributed by atoms with Crippen LogP contribution in [-0.4, -0.2) is 29.9 Å². The van der Waals surface area contributed by atoms with Crippen molar-refractivity contribution in [3.63, 3.8) is 0 Å². The van der Waals surface area contributed by atoms with Crippen LogP contribution < -0.4 is 5.32 Å². The Kier molecular flexibility index (Phi) is 2.38. The number of nitrogens with one attached hydrogen (secondary N) is 1. The van der Waals surface area contributed by atoms with Crippen molar-refractivity contribution in [2.24, 2.45) is 0 Å². The monoisotopic (exact) mass is 170 g/mol. The maximum atomic E-state index is 3.38. The third kappa shape index (κ3) is 1.71. The predicted octanol–water partition coefficient (Wildman–Crippen LogP) is 1.22. The van der Waals surface area contributed by atoms with Crippen molar-refractivity contribution in [2.75, 3.05) is 19.0 Å². The average Bonchev–Trinajstić information content (AvgIpc) is 2.58. The van der Waals surface area contributed by atoms with Crippen LogP contribution in [0.1, 0.15) is 12.8 Å². The van der Waals surface area contributed by atoms with Crippen molar-refractivity contribution < 1.29 is 0 Å². The summed E-state index contributed by atoms with van der Waals surface area (Å²) in [6, 6.07) is 0.808. The fraction of sp³-hybridized carbons (Fsp3) is 0.750. The molecule has 2 aliphatic rings. The van der Waals surface area contributed by atoms with Gasteiger partial charge in [-0.1, -0.05) is 0 Å². The van der Waals surface area contributed by atoms with Crippen molar-refractivity contribution in [3.8, 4) is 0 Å². The summed E-state index contributed by atoms with van der Waals surface area (Å²) < 4.78 is 0. The minimum atomic E-state index is 0.808. The molecule has 2 nitrogen and oxygen atoms in total.